The van der Waals surface area contributed by atoms with E-state index in [0.717, 1.165) is 38.1 Å². The SMILES string of the molecule is Fc1cnc(Cc2ccc([C@@H]3CNCCO3)cc2)nc1C1CC1. The molecule has 1 saturated heterocycles. The minimum absolute atomic E-state index is 0.126. The van der Waals surface area contributed by atoms with Crippen LogP contribution >= 0.6 is 0 Å². The fourth-order valence-corrected chi connectivity index (χ4v) is 2.96. The predicted molar refractivity (Wildman–Crippen MR) is 84.8 cm³/mol. The minimum Gasteiger partial charge on any atom is -0.371 e. The number of benzene rings is 1. The van der Waals surface area contributed by atoms with Crippen molar-refractivity contribution in [3.63, 3.8) is 0 Å². The van der Waals surface area contributed by atoms with Crippen LogP contribution in [0, 0.1) is 5.82 Å². The maximum Gasteiger partial charge on any atom is 0.163 e. The molecule has 0 bridgehead atoms. The maximum atomic E-state index is 13.7. The third kappa shape index (κ3) is 3.41. The topological polar surface area (TPSA) is 47.0 Å². The molecule has 23 heavy (non-hydrogen) atoms. The summed E-state index contributed by atoms with van der Waals surface area (Å²) >= 11 is 0. The molecule has 4 nitrogen and oxygen atoms in total. The summed E-state index contributed by atoms with van der Waals surface area (Å²) in [6.07, 6.45) is 4.15. The molecule has 1 aliphatic carbocycles. The number of morpholine rings is 1. The Morgan fingerprint density at radius 1 is 1.22 bits per heavy atom. The molecule has 1 aromatic carbocycles. The van der Waals surface area contributed by atoms with Crippen LogP contribution in [0.1, 0.15) is 47.5 Å². The van der Waals surface area contributed by atoms with Crippen molar-refractivity contribution in [1.82, 2.24) is 15.3 Å². The fraction of sp³-hybridized carbons (Fsp3) is 0.444. The Hall–Kier alpha value is -1.85. The van der Waals surface area contributed by atoms with Crippen molar-refractivity contribution in [1.29, 1.82) is 0 Å². The van der Waals surface area contributed by atoms with Gasteiger partial charge in [0.25, 0.3) is 0 Å². The molecule has 0 amide bonds. The van der Waals surface area contributed by atoms with E-state index in [4.69, 9.17) is 4.74 Å². The van der Waals surface area contributed by atoms with E-state index < -0.39 is 0 Å². The van der Waals surface area contributed by atoms with Crippen molar-refractivity contribution in [2.24, 2.45) is 0 Å². The van der Waals surface area contributed by atoms with Crippen LogP contribution < -0.4 is 5.32 Å². The fourth-order valence-electron chi connectivity index (χ4n) is 2.96. The van der Waals surface area contributed by atoms with Gasteiger partial charge in [0.05, 0.1) is 24.6 Å². The van der Waals surface area contributed by atoms with Gasteiger partial charge in [0.2, 0.25) is 0 Å². The first kappa shape index (κ1) is 14.7. The molecule has 2 aromatic rings. The average molecular weight is 313 g/mol. The van der Waals surface area contributed by atoms with Crippen LogP contribution in [0.2, 0.25) is 0 Å². The van der Waals surface area contributed by atoms with Crippen LogP contribution in [0.15, 0.2) is 30.5 Å². The zero-order valence-electron chi connectivity index (χ0n) is 13.0. The number of hydrogen-bond donors (Lipinski definition) is 1. The van der Waals surface area contributed by atoms with E-state index in [2.05, 4.69) is 39.6 Å². The molecular weight excluding hydrogens is 293 g/mol. The highest BCUT2D eigenvalue weighted by molar-refractivity contribution is 5.27. The van der Waals surface area contributed by atoms with Crippen LogP contribution in [-0.4, -0.2) is 29.7 Å². The van der Waals surface area contributed by atoms with Gasteiger partial charge in [-0.05, 0) is 24.0 Å². The first-order valence-corrected chi connectivity index (χ1v) is 8.22. The third-order valence-corrected chi connectivity index (χ3v) is 4.43. The monoisotopic (exact) mass is 313 g/mol. The van der Waals surface area contributed by atoms with Crippen LogP contribution in [0.25, 0.3) is 0 Å². The van der Waals surface area contributed by atoms with Gasteiger partial charge in [0, 0.05) is 25.4 Å². The number of nitrogens with zero attached hydrogens (tertiary/aromatic N) is 2. The summed E-state index contributed by atoms with van der Waals surface area (Å²) in [5.74, 6) is 0.722. The quantitative estimate of drug-likeness (QED) is 0.943. The first-order valence-electron chi connectivity index (χ1n) is 8.22. The maximum absolute atomic E-state index is 13.7. The highest BCUT2D eigenvalue weighted by Crippen LogP contribution is 2.40. The van der Waals surface area contributed by atoms with Crippen molar-refractivity contribution >= 4 is 0 Å². The molecule has 2 heterocycles. The normalized spacial score (nSPS) is 21.3. The van der Waals surface area contributed by atoms with Gasteiger partial charge in [-0.3, -0.25) is 0 Å². The second kappa shape index (κ2) is 6.34. The van der Waals surface area contributed by atoms with Crippen molar-refractivity contribution in [2.45, 2.75) is 31.3 Å². The summed E-state index contributed by atoms with van der Waals surface area (Å²) in [4.78, 5) is 8.56. The Bertz CT molecular complexity index is 679. The molecule has 1 aromatic heterocycles. The lowest BCUT2D eigenvalue weighted by Gasteiger charge is -2.24. The van der Waals surface area contributed by atoms with Gasteiger partial charge in [0.15, 0.2) is 5.82 Å². The summed E-state index contributed by atoms with van der Waals surface area (Å²) < 4.78 is 19.5. The smallest absolute Gasteiger partial charge is 0.163 e. The van der Waals surface area contributed by atoms with Crippen LogP contribution in [0.4, 0.5) is 4.39 Å². The van der Waals surface area contributed by atoms with Crippen LogP contribution in [0.5, 0.6) is 0 Å². The summed E-state index contributed by atoms with van der Waals surface area (Å²) in [7, 11) is 0. The number of nitrogens with one attached hydrogen (secondary N) is 1. The van der Waals surface area contributed by atoms with Crippen molar-refractivity contribution < 1.29 is 9.13 Å². The van der Waals surface area contributed by atoms with E-state index in [9.17, 15) is 4.39 Å². The standard InChI is InChI=1S/C18H20FN3O/c19-15-10-21-17(22-18(15)14-5-6-14)9-12-1-3-13(4-2-12)16-11-20-7-8-23-16/h1-4,10,14,16,20H,5-9,11H2/t16-/m0/s1. The molecule has 1 N–H and O–H groups in total. The number of halogens is 1. The lowest BCUT2D eigenvalue weighted by molar-refractivity contribution is 0.0277. The molecule has 120 valence electrons. The van der Waals surface area contributed by atoms with Gasteiger partial charge in [-0.25, -0.2) is 14.4 Å². The Kier molecular flexibility index (Phi) is 4.06. The lowest BCUT2D eigenvalue weighted by Crippen LogP contribution is -2.33. The second-order valence-corrected chi connectivity index (χ2v) is 6.28. The molecule has 0 unspecified atom stereocenters. The number of ether oxygens (including phenoxy) is 1. The van der Waals surface area contributed by atoms with Gasteiger partial charge in [-0.1, -0.05) is 24.3 Å². The summed E-state index contributed by atoms with van der Waals surface area (Å²) in [5.41, 5.74) is 2.90. The van der Waals surface area contributed by atoms with Gasteiger partial charge >= 0.3 is 0 Å². The van der Waals surface area contributed by atoms with Gasteiger partial charge in [0.1, 0.15) is 5.82 Å². The Labute approximate surface area is 135 Å². The molecule has 2 fully saturated rings. The zero-order valence-corrected chi connectivity index (χ0v) is 13.0. The van der Waals surface area contributed by atoms with E-state index in [0.29, 0.717) is 23.9 Å². The third-order valence-electron chi connectivity index (χ3n) is 4.43. The molecule has 5 heteroatoms. The molecule has 1 atom stereocenters. The summed E-state index contributed by atoms with van der Waals surface area (Å²) in [6, 6.07) is 8.35. The van der Waals surface area contributed by atoms with Gasteiger partial charge in [-0.2, -0.15) is 0 Å². The van der Waals surface area contributed by atoms with Gasteiger partial charge in [-0.15, -0.1) is 0 Å². The average Bonchev–Trinajstić information content (AvgIpc) is 3.43. The Morgan fingerprint density at radius 3 is 2.74 bits per heavy atom. The lowest BCUT2D eigenvalue weighted by atomic mass is 10.0. The molecular formula is C18H20FN3O. The summed E-state index contributed by atoms with van der Waals surface area (Å²) in [6.45, 7) is 2.52. The first-order chi connectivity index (χ1) is 11.3. The zero-order chi connectivity index (χ0) is 15.6. The van der Waals surface area contributed by atoms with Crippen molar-refractivity contribution in [3.8, 4) is 0 Å². The molecule has 0 radical (unpaired) electrons. The molecule has 4 rings (SSSR count). The largest absolute Gasteiger partial charge is 0.371 e. The number of hydrogen-bond acceptors (Lipinski definition) is 4. The van der Waals surface area contributed by atoms with Crippen LogP contribution in [0.3, 0.4) is 0 Å². The predicted octanol–water partition coefficient (Wildman–Crippen LogP) is 2.74. The molecule has 1 saturated carbocycles. The van der Waals surface area contributed by atoms with E-state index >= 15 is 0 Å². The second-order valence-electron chi connectivity index (χ2n) is 6.28. The Morgan fingerprint density at radius 2 is 2.04 bits per heavy atom. The molecule has 0 spiro atoms. The van der Waals surface area contributed by atoms with E-state index in [-0.39, 0.29) is 11.9 Å². The highest BCUT2D eigenvalue weighted by atomic mass is 19.1. The van der Waals surface area contributed by atoms with Crippen molar-refractivity contribution in [3.05, 3.63) is 58.9 Å². The Balaban J connectivity index is 1.47. The van der Waals surface area contributed by atoms with E-state index in [1.165, 1.54) is 11.8 Å². The number of rotatable bonds is 4. The van der Waals surface area contributed by atoms with E-state index in [1.807, 2.05) is 0 Å². The van der Waals surface area contributed by atoms with Gasteiger partial charge < -0.3 is 10.1 Å². The molecule has 2 aliphatic rings. The van der Waals surface area contributed by atoms with E-state index in [1.54, 1.807) is 0 Å². The number of aromatic nitrogens is 2. The minimum atomic E-state index is -0.270. The summed E-state index contributed by atoms with van der Waals surface area (Å²) in [5, 5.41) is 3.34. The van der Waals surface area contributed by atoms with Crippen molar-refractivity contribution in [2.75, 3.05) is 19.7 Å². The molecule has 1 aliphatic heterocycles. The van der Waals surface area contributed by atoms with Crippen LogP contribution in [-0.2, 0) is 11.2 Å². The highest BCUT2D eigenvalue weighted by Gasteiger charge is 2.28.